The van der Waals surface area contributed by atoms with Crippen molar-refractivity contribution in [3.63, 3.8) is 0 Å². The van der Waals surface area contributed by atoms with Gasteiger partial charge in [-0.1, -0.05) is 78.9 Å². The van der Waals surface area contributed by atoms with Crippen LogP contribution >= 0.6 is 0 Å². The van der Waals surface area contributed by atoms with E-state index in [1.54, 1.807) is 36.4 Å². The van der Waals surface area contributed by atoms with Crippen LogP contribution in [0.15, 0.2) is 103 Å². The van der Waals surface area contributed by atoms with Crippen molar-refractivity contribution in [2.45, 2.75) is 0 Å². The fraction of sp³-hybridized carbons (Fsp3) is 0. The summed E-state index contributed by atoms with van der Waals surface area (Å²) in [7, 11) is 0. The fourth-order valence-electron chi connectivity index (χ4n) is 5.04. The second-order valence-corrected chi connectivity index (χ2v) is 9.54. The number of fused-ring (bicyclic) bond motifs is 3. The molecule has 7 aromatic rings. The first-order valence-electron chi connectivity index (χ1n) is 12.7. The third-order valence-electron chi connectivity index (χ3n) is 7.01. The number of hydrogen-bond acceptors (Lipinski definition) is 3. The molecular weight excluding hydrogens is 528 g/mol. The van der Waals surface area contributed by atoms with Crippen molar-refractivity contribution in [1.82, 2.24) is 19.9 Å². The predicted octanol–water partition coefficient (Wildman–Crippen LogP) is 8.73. The average molecular weight is 547 g/mol. The molecule has 7 rings (SSSR count). The summed E-state index contributed by atoms with van der Waals surface area (Å²) >= 11 is 0. The molecule has 3 aromatic heterocycles. The number of pyridine rings is 1. The third-order valence-corrected chi connectivity index (χ3v) is 7.01. The van der Waals surface area contributed by atoms with Crippen molar-refractivity contribution in [3.05, 3.63) is 127 Å². The highest BCUT2D eigenvalue weighted by molar-refractivity contribution is 6.08. The van der Waals surface area contributed by atoms with E-state index in [1.807, 2.05) is 42.5 Å². The minimum atomic E-state index is -1.75. The molecule has 8 heteroatoms. The highest BCUT2D eigenvalue weighted by Crippen LogP contribution is 2.34. The van der Waals surface area contributed by atoms with E-state index >= 15 is 0 Å². The van der Waals surface area contributed by atoms with Crippen LogP contribution in [-0.2, 0) is 0 Å². The van der Waals surface area contributed by atoms with E-state index in [0.717, 1.165) is 32.9 Å². The summed E-state index contributed by atoms with van der Waals surface area (Å²) in [6, 6.07) is 31.8. The smallest absolute Gasteiger partial charge is 0.252 e. The molecule has 0 radical (unpaired) electrons. The van der Waals surface area contributed by atoms with Crippen molar-refractivity contribution < 1.29 is 17.6 Å². The van der Waals surface area contributed by atoms with Crippen molar-refractivity contribution >= 4 is 21.8 Å². The third kappa shape index (κ3) is 4.30. The summed E-state index contributed by atoms with van der Waals surface area (Å²) in [5.41, 5.74) is 4.09. The van der Waals surface area contributed by atoms with Gasteiger partial charge in [0.25, 0.3) is 11.9 Å². The van der Waals surface area contributed by atoms with E-state index in [2.05, 4.69) is 38.1 Å². The number of halogens is 4. The lowest BCUT2D eigenvalue weighted by atomic mass is 9.99. The minimum absolute atomic E-state index is 0.138. The van der Waals surface area contributed by atoms with Crippen LogP contribution in [0.25, 0.3) is 66.8 Å². The molecule has 4 aromatic carbocycles. The maximum atomic E-state index is 14.8. The SMILES string of the molecule is Fc1nc(F)c(F)c(-c2cc(-c3cccc(-c4ccc5c(c4)[nH]c4ccccc45)c3)nc(-c3ccccc3)n2)c1F. The number of aromatic amines is 1. The van der Waals surface area contributed by atoms with E-state index in [1.165, 1.54) is 6.07 Å². The lowest BCUT2D eigenvalue weighted by Gasteiger charge is -2.12. The summed E-state index contributed by atoms with van der Waals surface area (Å²) < 4.78 is 57.6. The summed E-state index contributed by atoms with van der Waals surface area (Å²) in [6.07, 6.45) is 0. The van der Waals surface area contributed by atoms with Gasteiger partial charge >= 0.3 is 0 Å². The molecule has 0 spiro atoms. The number of nitrogens with one attached hydrogen (secondary N) is 1. The van der Waals surface area contributed by atoms with Crippen molar-refractivity contribution in [2.24, 2.45) is 0 Å². The number of nitrogens with zero attached hydrogens (tertiary/aromatic N) is 3. The van der Waals surface area contributed by atoms with Crippen molar-refractivity contribution in [1.29, 1.82) is 0 Å². The molecule has 198 valence electrons. The standard InChI is InChI=1S/C33H18F4N4/c34-29-28(30(35)32(37)41-31(29)36)27-17-25(39-33(40-27)18-7-2-1-3-8-18)21-10-6-9-19(15-21)20-13-14-23-22-11-4-5-12-24(22)38-26(23)16-20/h1-17,38H. The number of para-hydroxylation sites is 1. The van der Waals surface area contributed by atoms with Crippen LogP contribution in [-0.4, -0.2) is 19.9 Å². The predicted molar refractivity (Wildman–Crippen MR) is 151 cm³/mol. The summed E-state index contributed by atoms with van der Waals surface area (Å²) in [4.78, 5) is 15.1. The molecular formula is C33H18F4N4. The molecule has 0 unspecified atom stereocenters. The van der Waals surface area contributed by atoms with Gasteiger partial charge in [-0.15, -0.1) is 0 Å². The second kappa shape index (κ2) is 9.67. The van der Waals surface area contributed by atoms with Gasteiger partial charge in [-0.05, 0) is 35.4 Å². The second-order valence-electron chi connectivity index (χ2n) is 9.54. The van der Waals surface area contributed by atoms with E-state index in [-0.39, 0.29) is 11.5 Å². The Hall–Kier alpha value is -5.37. The van der Waals surface area contributed by atoms with Gasteiger partial charge in [0.1, 0.15) is 0 Å². The Bertz CT molecular complexity index is 2080. The highest BCUT2D eigenvalue weighted by Gasteiger charge is 2.24. The first-order valence-corrected chi connectivity index (χ1v) is 12.7. The van der Waals surface area contributed by atoms with E-state index < -0.39 is 29.1 Å². The van der Waals surface area contributed by atoms with Crippen LogP contribution in [0, 0.1) is 23.5 Å². The Morgan fingerprint density at radius 1 is 0.463 bits per heavy atom. The topological polar surface area (TPSA) is 54.5 Å². The van der Waals surface area contributed by atoms with Crippen LogP contribution in [0.3, 0.4) is 0 Å². The summed E-state index contributed by atoms with van der Waals surface area (Å²) in [5, 5.41) is 2.24. The van der Waals surface area contributed by atoms with Crippen LogP contribution in [0.4, 0.5) is 17.6 Å². The minimum Gasteiger partial charge on any atom is -0.354 e. The number of aromatic nitrogens is 4. The van der Waals surface area contributed by atoms with Gasteiger partial charge in [-0.3, -0.25) is 0 Å². The summed E-state index contributed by atoms with van der Waals surface area (Å²) in [5.74, 6) is -6.63. The van der Waals surface area contributed by atoms with Gasteiger partial charge < -0.3 is 4.98 Å². The van der Waals surface area contributed by atoms with Crippen molar-refractivity contribution in [2.75, 3.05) is 0 Å². The number of hydrogen-bond donors (Lipinski definition) is 1. The van der Waals surface area contributed by atoms with Crippen LogP contribution < -0.4 is 0 Å². The van der Waals surface area contributed by atoms with Gasteiger partial charge in [-0.2, -0.15) is 13.8 Å². The first-order chi connectivity index (χ1) is 20.0. The largest absolute Gasteiger partial charge is 0.354 e. The molecule has 0 amide bonds. The molecule has 0 bridgehead atoms. The molecule has 0 saturated carbocycles. The zero-order chi connectivity index (χ0) is 28.1. The number of H-pyrrole nitrogens is 1. The quantitative estimate of drug-likeness (QED) is 0.177. The molecule has 0 atom stereocenters. The van der Waals surface area contributed by atoms with Gasteiger partial charge in [-0.25, -0.2) is 18.7 Å². The maximum absolute atomic E-state index is 14.8. The van der Waals surface area contributed by atoms with Gasteiger partial charge in [0.05, 0.1) is 17.0 Å². The fourth-order valence-corrected chi connectivity index (χ4v) is 5.04. The lowest BCUT2D eigenvalue weighted by Crippen LogP contribution is -2.05. The number of rotatable bonds is 4. The molecule has 3 heterocycles. The summed E-state index contributed by atoms with van der Waals surface area (Å²) in [6.45, 7) is 0. The Morgan fingerprint density at radius 3 is 1.90 bits per heavy atom. The Balaban J connectivity index is 1.39. The molecule has 41 heavy (non-hydrogen) atoms. The normalized spacial score (nSPS) is 11.4. The average Bonchev–Trinajstić information content (AvgIpc) is 3.38. The molecule has 0 aliphatic carbocycles. The highest BCUT2D eigenvalue weighted by atomic mass is 19.2. The Kier molecular flexibility index (Phi) is 5.82. The lowest BCUT2D eigenvalue weighted by molar-refractivity contribution is 0.410. The van der Waals surface area contributed by atoms with Gasteiger partial charge in [0.2, 0.25) is 0 Å². The van der Waals surface area contributed by atoms with Crippen molar-refractivity contribution in [3.8, 4) is 45.0 Å². The molecule has 1 N–H and O–H groups in total. The van der Waals surface area contributed by atoms with Crippen LogP contribution in [0.2, 0.25) is 0 Å². The van der Waals surface area contributed by atoms with Crippen LogP contribution in [0.1, 0.15) is 0 Å². The van der Waals surface area contributed by atoms with Crippen LogP contribution in [0.5, 0.6) is 0 Å². The van der Waals surface area contributed by atoms with Gasteiger partial charge in [0, 0.05) is 32.9 Å². The molecule has 0 aliphatic rings. The monoisotopic (exact) mass is 546 g/mol. The molecule has 4 nitrogen and oxygen atoms in total. The van der Waals surface area contributed by atoms with E-state index in [0.29, 0.717) is 16.8 Å². The van der Waals surface area contributed by atoms with Gasteiger partial charge in [0.15, 0.2) is 17.5 Å². The Labute approximate surface area is 231 Å². The molecule has 0 saturated heterocycles. The maximum Gasteiger partial charge on any atom is 0.252 e. The van der Waals surface area contributed by atoms with E-state index in [9.17, 15) is 17.6 Å². The molecule has 0 fully saturated rings. The van der Waals surface area contributed by atoms with E-state index in [4.69, 9.17) is 0 Å². The zero-order valence-electron chi connectivity index (χ0n) is 21.2. The number of benzene rings is 4. The molecule has 0 aliphatic heterocycles. The first kappa shape index (κ1) is 24.7. The Morgan fingerprint density at radius 2 is 1.10 bits per heavy atom. The zero-order valence-corrected chi connectivity index (χ0v) is 21.2.